The summed E-state index contributed by atoms with van der Waals surface area (Å²) in [6.45, 7) is 0. The van der Waals surface area contributed by atoms with E-state index in [4.69, 9.17) is 21.1 Å². The fourth-order valence-electron chi connectivity index (χ4n) is 1.13. The van der Waals surface area contributed by atoms with Gasteiger partial charge in [-0.1, -0.05) is 11.6 Å². The minimum absolute atomic E-state index is 0.131. The van der Waals surface area contributed by atoms with E-state index < -0.39 is 5.97 Å². The number of benzene rings is 1. The highest BCUT2D eigenvalue weighted by Crippen LogP contribution is 2.28. The summed E-state index contributed by atoms with van der Waals surface area (Å²) in [5.41, 5.74) is 0.495. The highest BCUT2D eigenvalue weighted by Gasteiger charge is 2.12. The molecule has 0 bridgehead atoms. The number of rotatable bonds is 2. The van der Waals surface area contributed by atoms with Crippen LogP contribution in [0.2, 0.25) is 5.02 Å². The van der Waals surface area contributed by atoms with Crippen LogP contribution in [0.4, 0.5) is 0 Å². The molecule has 2 rings (SSSR count). The number of nitrogens with zero attached hydrogens (tertiary/aromatic N) is 1. The average Bonchev–Trinajstić information content (AvgIpc) is 2.71. The van der Waals surface area contributed by atoms with Crippen LogP contribution in [0, 0.1) is 0 Å². The molecule has 1 heterocycles. The first-order valence-electron chi connectivity index (χ1n) is 4.22. The Hall–Kier alpha value is -1.33. The monoisotopic (exact) mass is 301 g/mol. The third-order valence-corrected chi connectivity index (χ3v) is 3.12. The Morgan fingerprint density at radius 3 is 2.81 bits per heavy atom. The molecule has 4 nitrogen and oxygen atoms in total. The topological polar surface area (TPSA) is 63.3 Å². The molecule has 82 valence electrons. The summed E-state index contributed by atoms with van der Waals surface area (Å²) in [6, 6.07) is 5.11. The Morgan fingerprint density at radius 1 is 1.50 bits per heavy atom. The number of halogens is 2. The zero-order chi connectivity index (χ0) is 11.7. The SMILES string of the molecule is O=C(O)c1coc(-c2ccc(Br)c(Cl)c2)n1. The standard InChI is InChI=1S/C10H5BrClNO3/c11-6-2-1-5(3-7(6)12)9-13-8(4-16-9)10(14)15/h1-4H,(H,14,15). The van der Waals surface area contributed by atoms with Gasteiger partial charge in [-0.2, -0.15) is 0 Å². The predicted molar refractivity (Wildman–Crippen MR) is 61.6 cm³/mol. The van der Waals surface area contributed by atoms with Crippen LogP contribution in [0.15, 0.2) is 33.4 Å². The second-order valence-electron chi connectivity index (χ2n) is 2.97. The van der Waals surface area contributed by atoms with Gasteiger partial charge in [-0.05, 0) is 34.1 Å². The molecule has 0 fully saturated rings. The number of aromatic nitrogens is 1. The summed E-state index contributed by atoms with van der Waals surface area (Å²) < 4.78 is 5.79. The van der Waals surface area contributed by atoms with Crippen LogP contribution in [0.3, 0.4) is 0 Å². The number of hydrogen-bond acceptors (Lipinski definition) is 3. The van der Waals surface area contributed by atoms with Crippen LogP contribution >= 0.6 is 27.5 Å². The number of carboxylic acids is 1. The second kappa shape index (κ2) is 4.27. The summed E-state index contributed by atoms with van der Waals surface area (Å²) in [4.78, 5) is 14.4. The highest BCUT2D eigenvalue weighted by atomic mass is 79.9. The van der Waals surface area contributed by atoms with E-state index in [1.807, 2.05) is 0 Å². The molecule has 0 aliphatic carbocycles. The molecule has 0 aliphatic rings. The minimum Gasteiger partial charge on any atom is -0.476 e. The largest absolute Gasteiger partial charge is 0.476 e. The van der Waals surface area contributed by atoms with Crippen molar-refractivity contribution in [1.82, 2.24) is 4.98 Å². The molecule has 0 spiro atoms. The fraction of sp³-hybridized carbons (Fsp3) is 0. The van der Waals surface area contributed by atoms with Crippen LogP contribution in [-0.4, -0.2) is 16.1 Å². The Kier molecular flexibility index (Phi) is 2.98. The summed E-state index contributed by atoms with van der Waals surface area (Å²) in [7, 11) is 0. The third kappa shape index (κ3) is 2.10. The van der Waals surface area contributed by atoms with Crippen molar-refractivity contribution in [1.29, 1.82) is 0 Å². The van der Waals surface area contributed by atoms with Crippen molar-refractivity contribution >= 4 is 33.5 Å². The van der Waals surface area contributed by atoms with Gasteiger partial charge in [0.2, 0.25) is 5.89 Å². The molecule has 0 aliphatic heterocycles. The van der Waals surface area contributed by atoms with E-state index in [9.17, 15) is 4.79 Å². The third-order valence-electron chi connectivity index (χ3n) is 1.89. The molecule has 1 aromatic heterocycles. The van der Waals surface area contributed by atoms with Gasteiger partial charge in [-0.15, -0.1) is 0 Å². The fourth-order valence-corrected chi connectivity index (χ4v) is 1.56. The first-order valence-corrected chi connectivity index (χ1v) is 5.39. The van der Waals surface area contributed by atoms with Gasteiger partial charge < -0.3 is 9.52 Å². The van der Waals surface area contributed by atoms with Gasteiger partial charge in [-0.25, -0.2) is 9.78 Å². The lowest BCUT2D eigenvalue weighted by molar-refractivity contribution is 0.0690. The summed E-state index contributed by atoms with van der Waals surface area (Å²) in [5, 5.41) is 9.19. The zero-order valence-corrected chi connectivity index (χ0v) is 10.1. The maximum absolute atomic E-state index is 10.6. The first kappa shape index (κ1) is 11.2. The molecule has 6 heteroatoms. The van der Waals surface area contributed by atoms with Crippen molar-refractivity contribution in [2.75, 3.05) is 0 Å². The lowest BCUT2D eigenvalue weighted by Crippen LogP contribution is -1.95. The minimum atomic E-state index is -1.13. The average molecular weight is 303 g/mol. The van der Waals surface area contributed by atoms with E-state index in [1.165, 1.54) is 0 Å². The van der Waals surface area contributed by atoms with Crippen molar-refractivity contribution in [3.63, 3.8) is 0 Å². The van der Waals surface area contributed by atoms with Crippen molar-refractivity contribution in [3.05, 3.63) is 39.7 Å². The molecule has 1 N–H and O–H groups in total. The number of hydrogen-bond donors (Lipinski definition) is 1. The van der Waals surface area contributed by atoms with Gasteiger partial charge in [0, 0.05) is 10.0 Å². The van der Waals surface area contributed by atoms with Gasteiger partial charge in [0.15, 0.2) is 5.69 Å². The Balaban J connectivity index is 2.42. The molecule has 0 amide bonds. The molecule has 2 aromatic rings. The summed E-state index contributed by atoms with van der Waals surface area (Å²) in [6.07, 6.45) is 1.09. The van der Waals surface area contributed by atoms with Crippen molar-refractivity contribution in [2.24, 2.45) is 0 Å². The molecular formula is C10H5BrClNO3. The van der Waals surface area contributed by atoms with Gasteiger partial charge >= 0.3 is 5.97 Å². The summed E-state index contributed by atoms with van der Waals surface area (Å²) >= 11 is 9.15. The Bertz CT molecular complexity index is 553. The second-order valence-corrected chi connectivity index (χ2v) is 4.23. The van der Waals surface area contributed by atoms with Crippen molar-refractivity contribution < 1.29 is 14.3 Å². The van der Waals surface area contributed by atoms with Crippen LogP contribution < -0.4 is 0 Å². The number of carboxylic acid groups (broad SMARTS) is 1. The number of oxazole rings is 1. The van der Waals surface area contributed by atoms with Gasteiger partial charge in [0.1, 0.15) is 6.26 Å². The van der Waals surface area contributed by atoms with Crippen LogP contribution in [0.1, 0.15) is 10.5 Å². The molecule has 0 unspecified atom stereocenters. The lowest BCUT2D eigenvalue weighted by atomic mass is 10.2. The molecular weight excluding hydrogens is 297 g/mol. The number of carbonyl (C=O) groups is 1. The van der Waals surface area contributed by atoms with Crippen LogP contribution in [0.25, 0.3) is 11.5 Å². The number of aromatic carboxylic acids is 1. The van der Waals surface area contributed by atoms with Crippen molar-refractivity contribution in [3.8, 4) is 11.5 Å². The van der Waals surface area contributed by atoms with Crippen LogP contribution in [-0.2, 0) is 0 Å². The van der Waals surface area contributed by atoms with Crippen molar-refractivity contribution in [2.45, 2.75) is 0 Å². The zero-order valence-electron chi connectivity index (χ0n) is 7.78. The van der Waals surface area contributed by atoms with Crippen LogP contribution in [0.5, 0.6) is 0 Å². The molecule has 16 heavy (non-hydrogen) atoms. The quantitative estimate of drug-likeness (QED) is 0.923. The van der Waals surface area contributed by atoms with E-state index in [0.29, 0.717) is 10.6 Å². The molecule has 0 saturated heterocycles. The Morgan fingerprint density at radius 2 is 2.25 bits per heavy atom. The maximum atomic E-state index is 10.6. The van der Waals surface area contributed by atoms with E-state index >= 15 is 0 Å². The lowest BCUT2D eigenvalue weighted by Gasteiger charge is -1.98. The Labute approximate surface area is 104 Å². The smallest absolute Gasteiger partial charge is 0.357 e. The maximum Gasteiger partial charge on any atom is 0.357 e. The normalized spacial score (nSPS) is 10.4. The van der Waals surface area contributed by atoms with Gasteiger partial charge in [0.25, 0.3) is 0 Å². The van der Waals surface area contributed by atoms with Gasteiger partial charge in [-0.3, -0.25) is 0 Å². The predicted octanol–water partition coefficient (Wildman–Crippen LogP) is 3.46. The first-order chi connectivity index (χ1) is 7.58. The van der Waals surface area contributed by atoms with E-state index in [2.05, 4.69) is 20.9 Å². The van der Waals surface area contributed by atoms with Gasteiger partial charge in [0.05, 0.1) is 5.02 Å². The molecule has 0 atom stereocenters. The van der Waals surface area contributed by atoms with E-state index in [1.54, 1.807) is 18.2 Å². The van der Waals surface area contributed by atoms with E-state index in [0.717, 1.165) is 10.7 Å². The molecule has 0 saturated carbocycles. The molecule has 0 radical (unpaired) electrons. The highest BCUT2D eigenvalue weighted by molar-refractivity contribution is 9.10. The van der Waals surface area contributed by atoms with E-state index in [-0.39, 0.29) is 11.6 Å². The summed E-state index contributed by atoms with van der Waals surface area (Å²) in [5.74, 6) is -0.898. The molecule has 1 aromatic carbocycles.